The van der Waals surface area contributed by atoms with E-state index in [4.69, 9.17) is 14.2 Å². The molecule has 7 nitrogen and oxygen atoms in total. The maximum Gasteiger partial charge on any atom is 0.337 e. The molecule has 1 fully saturated rings. The fraction of sp³-hybridized carbons (Fsp3) is 0.519. The molecule has 1 N–H and O–H groups in total. The third-order valence-electron chi connectivity index (χ3n) is 7.24. The molecule has 1 aliphatic heterocycles. The minimum absolute atomic E-state index is 0.113. The second-order valence-corrected chi connectivity index (χ2v) is 9.47. The Kier molecular flexibility index (Phi) is 7.10. The van der Waals surface area contributed by atoms with E-state index >= 15 is 0 Å². The zero-order valence-corrected chi connectivity index (χ0v) is 20.3. The average molecular weight is 468 g/mol. The van der Waals surface area contributed by atoms with Gasteiger partial charge in [0.2, 0.25) is 0 Å². The summed E-state index contributed by atoms with van der Waals surface area (Å²) in [6.07, 6.45) is 5.35. The van der Waals surface area contributed by atoms with Gasteiger partial charge in [0.05, 0.1) is 19.8 Å². The molecule has 0 radical (unpaired) electrons. The van der Waals surface area contributed by atoms with Crippen molar-refractivity contribution in [3.05, 3.63) is 52.4 Å². The molecule has 7 heteroatoms. The monoisotopic (exact) mass is 467 g/mol. The molecule has 0 unspecified atom stereocenters. The van der Waals surface area contributed by atoms with Crippen molar-refractivity contribution in [3.8, 4) is 5.75 Å². The van der Waals surface area contributed by atoms with Gasteiger partial charge >= 0.3 is 11.9 Å². The van der Waals surface area contributed by atoms with Crippen molar-refractivity contribution in [3.63, 3.8) is 0 Å². The van der Waals surface area contributed by atoms with Gasteiger partial charge in [-0.3, -0.25) is 9.59 Å². The van der Waals surface area contributed by atoms with E-state index in [1.165, 1.54) is 7.11 Å². The van der Waals surface area contributed by atoms with Crippen molar-refractivity contribution in [2.45, 2.75) is 64.4 Å². The lowest BCUT2D eigenvalue weighted by Crippen LogP contribution is -2.43. The SMILES string of the molecule is COC(=O)[C@H]1C(=O)C2=C(C[C@H]1C)NC(C)=C(C(=O)OC1CCCCC1)[C@H]2c1ccc(OC)cc1. The van der Waals surface area contributed by atoms with Crippen LogP contribution in [-0.2, 0) is 23.9 Å². The fourth-order valence-electron chi connectivity index (χ4n) is 5.48. The molecule has 182 valence electrons. The smallest absolute Gasteiger partial charge is 0.337 e. The summed E-state index contributed by atoms with van der Waals surface area (Å²) < 4.78 is 16.2. The predicted octanol–water partition coefficient (Wildman–Crippen LogP) is 4.18. The first kappa shape index (κ1) is 24.0. The first-order valence-electron chi connectivity index (χ1n) is 12.0. The number of benzene rings is 1. The number of carbonyl (C=O) groups excluding carboxylic acids is 3. The number of Topliss-reactive ketones (excluding diaryl/α,β-unsaturated/α-hetero) is 1. The van der Waals surface area contributed by atoms with Gasteiger partial charge in [-0.15, -0.1) is 0 Å². The third kappa shape index (κ3) is 4.48. The molecule has 0 saturated heterocycles. The van der Waals surface area contributed by atoms with Crippen LogP contribution in [-0.4, -0.2) is 38.0 Å². The number of allylic oxidation sites excluding steroid dienone is 3. The lowest BCUT2D eigenvalue weighted by atomic mass is 9.69. The van der Waals surface area contributed by atoms with Crippen LogP contribution >= 0.6 is 0 Å². The number of methoxy groups -OCH3 is 2. The molecular formula is C27H33NO6. The number of ketones is 1. The van der Waals surface area contributed by atoms with Gasteiger partial charge in [0.25, 0.3) is 0 Å². The van der Waals surface area contributed by atoms with Crippen LogP contribution in [0, 0.1) is 11.8 Å². The molecule has 0 spiro atoms. The van der Waals surface area contributed by atoms with E-state index in [0.29, 0.717) is 29.0 Å². The minimum Gasteiger partial charge on any atom is -0.497 e. The molecule has 3 atom stereocenters. The minimum atomic E-state index is -0.902. The summed E-state index contributed by atoms with van der Waals surface area (Å²) >= 11 is 0. The van der Waals surface area contributed by atoms with Gasteiger partial charge in [0.1, 0.15) is 17.8 Å². The zero-order chi connectivity index (χ0) is 24.4. The van der Waals surface area contributed by atoms with Gasteiger partial charge in [-0.05, 0) is 62.6 Å². The normalized spacial score (nSPS) is 25.4. The van der Waals surface area contributed by atoms with Crippen molar-refractivity contribution in [1.82, 2.24) is 5.32 Å². The lowest BCUT2D eigenvalue weighted by Gasteiger charge is -2.38. The van der Waals surface area contributed by atoms with E-state index in [9.17, 15) is 14.4 Å². The van der Waals surface area contributed by atoms with E-state index in [1.54, 1.807) is 7.11 Å². The second kappa shape index (κ2) is 10.0. The number of hydrogen-bond acceptors (Lipinski definition) is 7. The molecule has 4 rings (SSSR count). The van der Waals surface area contributed by atoms with Crippen molar-refractivity contribution < 1.29 is 28.6 Å². The van der Waals surface area contributed by atoms with E-state index in [-0.39, 0.29) is 17.8 Å². The highest BCUT2D eigenvalue weighted by molar-refractivity contribution is 6.12. The van der Waals surface area contributed by atoms with Crippen molar-refractivity contribution in [2.75, 3.05) is 14.2 Å². The number of rotatable bonds is 5. The van der Waals surface area contributed by atoms with E-state index in [0.717, 1.165) is 43.4 Å². The Hall–Kier alpha value is -3.09. The molecule has 3 aliphatic rings. The van der Waals surface area contributed by atoms with Crippen LogP contribution in [0.25, 0.3) is 0 Å². The van der Waals surface area contributed by atoms with Crippen LogP contribution in [0.15, 0.2) is 46.8 Å². The van der Waals surface area contributed by atoms with E-state index in [2.05, 4.69) is 5.32 Å². The summed E-state index contributed by atoms with van der Waals surface area (Å²) in [6, 6.07) is 7.34. The molecule has 1 heterocycles. The average Bonchev–Trinajstić information content (AvgIpc) is 2.83. The van der Waals surface area contributed by atoms with Crippen LogP contribution in [0.4, 0.5) is 0 Å². The summed E-state index contributed by atoms with van der Waals surface area (Å²) in [5, 5.41) is 3.31. The number of hydrogen-bond donors (Lipinski definition) is 1. The Labute approximate surface area is 200 Å². The Morgan fingerprint density at radius 3 is 2.32 bits per heavy atom. The molecule has 0 aromatic heterocycles. The van der Waals surface area contributed by atoms with Crippen LogP contribution in [0.2, 0.25) is 0 Å². The highest BCUT2D eigenvalue weighted by atomic mass is 16.5. The Morgan fingerprint density at radius 2 is 1.71 bits per heavy atom. The number of ether oxygens (including phenoxy) is 3. The maximum absolute atomic E-state index is 13.7. The zero-order valence-electron chi connectivity index (χ0n) is 20.3. The van der Waals surface area contributed by atoms with Gasteiger partial charge < -0.3 is 19.5 Å². The predicted molar refractivity (Wildman–Crippen MR) is 126 cm³/mol. The first-order chi connectivity index (χ1) is 16.3. The standard InChI is InChI=1S/C27H33NO6/c1-15-14-20-24(25(29)21(15)26(30)33-4)23(17-10-12-18(32-3)13-11-17)22(16(2)28-20)27(31)34-19-8-6-5-7-9-19/h10-13,15,19,21,23,28H,5-9,14H2,1-4H3/t15-,21-,23-/m1/s1. The summed E-state index contributed by atoms with van der Waals surface area (Å²) in [6.45, 7) is 3.72. The summed E-state index contributed by atoms with van der Waals surface area (Å²) in [7, 11) is 2.88. The Bertz CT molecular complexity index is 1030. The molecule has 1 aromatic rings. The number of dihydropyridines is 1. The molecular weight excluding hydrogens is 434 g/mol. The molecule has 2 aliphatic carbocycles. The highest BCUT2D eigenvalue weighted by Gasteiger charge is 2.47. The van der Waals surface area contributed by atoms with Crippen molar-refractivity contribution >= 4 is 17.7 Å². The largest absolute Gasteiger partial charge is 0.497 e. The maximum atomic E-state index is 13.7. The molecule has 0 amide bonds. The van der Waals surface area contributed by atoms with Crippen LogP contribution in [0.3, 0.4) is 0 Å². The quantitative estimate of drug-likeness (QED) is 0.513. The van der Waals surface area contributed by atoms with Crippen molar-refractivity contribution in [1.29, 1.82) is 0 Å². The molecule has 34 heavy (non-hydrogen) atoms. The molecule has 1 aromatic carbocycles. The summed E-state index contributed by atoms with van der Waals surface area (Å²) in [5.74, 6) is -2.34. The molecule has 0 bridgehead atoms. The van der Waals surface area contributed by atoms with Crippen LogP contribution in [0.1, 0.15) is 63.9 Å². The van der Waals surface area contributed by atoms with E-state index < -0.39 is 23.8 Å². The lowest BCUT2D eigenvalue weighted by molar-refractivity contribution is -0.151. The summed E-state index contributed by atoms with van der Waals surface area (Å²) in [4.78, 5) is 39.8. The van der Waals surface area contributed by atoms with Gasteiger partial charge in [0.15, 0.2) is 5.78 Å². The van der Waals surface area contributed by atoms with Gasteiger partial charge in [-0.1, -0.05) is 25.5 Å². The fourth-order valence-corrected chi connectivity index (χ4v) is 5.48. The Morgan fingerprint density at radius 1 is 1.03 bits per heavy atom. The van der Waals surface area contributed by atoms with Crippen molar-refractivity contribution in [2.24, 2.45) is 11.8 Å². The summed E-state index contributed by atoms with van der Waals surface area (Å²) in [5.41, 5.74) is 3.07. The molecule has 1 saturated carbocycles. The first-order valence-corrected chi connectivity index (χ1v) is 12.0. The Balaban J connectivity index is 1.77. The second-order valence-electron chi connectivity index (χ2n) is 9.47. The third-order valence-corrected chi connectivity index (χ3v) is 7.24. The highest BCUT2D eigenvalue weighted by Crippen LogP contribution is 2.46. The topological polar surface area (TPSA) is 90.9 Å². The van der Waals surface area contributed by atoms with Gasteiger partial charge in [0, 0.05) is 22.9 Å². The number of esters is 2. The number of nitrogens with one attached hydrogen (secondary N) is 1. The van der Waals surface area contributed by atoms with Gasteiger partial charge in [-0.25, -0.2) is 4.79 Å². The van der Waals surface area contributed by atoms with Crippen LogP contribution in [0.5, 0.6) is 5.75 Å². The van der Waals surface area contributed by atoms with E-state index in [1.807, 2.05) is 38.1 Å². The van der Waals surface area contributed by atoms with Crippen LogP contribution < -0.4 is 10.1 Å². The van der Waals surface area contributed by atoms with Gasteiger partial charge in [-0.2, -0.15) is 0 Å². The number of carbonyl (C=O) groups is 3.